The van der Waals surface area contributed by atoms with Crippen molar-refractivity contribution in [3.05, 3.63) is 16.1 Å². The van der Waals surface area contributed by atoms with Crippen LogP contribution in [0.1, 0.15) is 15.4 Å². The summed E-state index contributed by atoms with van der Waals surface area (Å²) in [5, 5.41) is 0. The smallest absolute Gasteiger partial charge is 0.265 e. The van der Waals surface area contributed by atoms with Crippen LogP contribution in [0.25, 0.3) is 0 Å². The van der Waals surface area contributed by atoms with E-state index in [9.17, 15) is 4.79 Å². The quantitative estimate of drug-likeness (QED) is 0.734. The van der Waals surface area contributed by atoms with Crippen molar-refractivity contribution in [3.63, 3.8) is 0 Å². The summed E-state index contributed by atoms with van der Waals surface area (Å²) in [6.07, 6.45) is 0. The van der Waals surface area contributed by atoms with Crippen LogP contribution in [0.15, 0.2) is 5.51 Å². The average Bonchev–Trinajstić information content (AvgIpc) is 2.69. The predicted molar refractivity (Wildman–Crippen MR) is 65.4 cm³/mol. The number of methoxy groups -OCH3 is 1. The molecule has 1 aromatic rings. The van der Waals surface area contributed by atoms with Crippen LogP contribution in [0.2, 0.25) is 0 Å². The second-order valence-electron chi connectivity index (χ2n) is 3.24. The summed E-state index contributed by atoms with van der Waals surface area (Å²) in [6, 6.07) is 0. The van der Waals surface area contributed by atoms with Crippen LogP contribution in [-0.4, -0.2) is 48.5 Å². The van der Waals surface area contributed by atoms with Gasteiger partial charge in [-0.3, -0.25) is 4.79 Å². The van der Waals surface area contributed by atoms with Crippen molar-refractivity contribution in [3.8, 4) is 0 Å². The normalized spacial score (nSPS) is 10.4. The lowest BCUT2D eigenvalue weighted by atomic mass is 10.3. The van der Waals surface area contributed by atoms with Crippen LogP contribution in [0.4, 0.5) is 0 Å². The monoisotopic (exact) mass is 262 g/mol. The number of aromatic nitrogens is 1. The Bertz CT molecular complexity index is 343. The first-order valence-electron chi connectivity index (χ1n) is 4.95. The minimum atomic E-state index is -0.0160. The van der Waals surface area contributed by atoms with E-state index in [2.05, 4.69) is 4.98 Å². The summed E-state index contributed by atoms with van der Waals surface area (Å²) in [4.78, 5) is 18.5. The Labute approximate surface area is 104 Å². The van der Waals surface area contributed by atoms with E-state index < -0.39 is 0 Å². The van der Waals surface area contributed by atoms with Gasteiger partial charge in [0.05, 0.1) is 17.8 Å². The van der Waals surface area contributed by atoms with E-state index in [0.29, 0.717) is 30.5 Å². The second kappa shape index (κ2) is 6.83. The van der Waals surface area contributed by atoms with Crippen molar-refractivity contribution in [2.24, 2.45) is 0 Å². The summed E-state index contributed by atoms with van der Waals surface area (Å²) in [5.74, 6) is 0.408. The number of thiazole rings is 1. The number of halogens is 1. The van der Waals surface area contributed by atoms with E-state index in [1.165, 1.54) is 11.3 Å². The highest BCUT2D eigenvalue weighted by Crippen LogP contribution is 2.15. The lowest BCUT2D eigenvalue weighted by Gasteiger charge is -2.20. The van der Waals surface area contributed by atoms with Gasteiger partial charge in [-0.25, -0.2) is 4.98 Å². The molecule has 1 aromatic heterocycles. The highest BCUT2D eigenvalue weighted by atomic mass is 35.5. The Morgan fingerprint density at radius 1 is 1.62 bits per heavy atom. The highest BCUT2D eigenvalue weighted by molar-refractivity contribution is 7.11. The molecule has 0 radical (unpaired) electrons. The molecule has 90 valence electrons. The molecule has 1 amide bonds. The fourth-order valence-corrected chi connectivity index (χ4v) is 2.24. The number of hydrogen-bond donors (Lipinski definition) is 0. The lowest BCUT2D eigenvalue weighted by Crippen LogP contribution is -2.35. The standard InChI is InChI=1S/C10H15ClN2O2S/c1-8-9(16-7-12-8)10(14)13(4-3-11)5-6-15-2/h7H,3-6H2,1-2H3. The Kier molecular flexibility index (Phi) is 5.73. The van der Waals surface area contributed by atoms with Crippen LogP contribution in [0, 0.1) is 6.92 Å². The molecule has 0 aliphatic rings. The van der Waals surface area contributed by atoms with Gasteiger partial charge < -0.3 is 9.64 Å². The van der Waals surface area contributed by atoms with Crippen LogP contribution in [0.3, 0.4) is 0 Å². The van der Waals surface area contributed by atoms with Gasteiger partial charge in [0, 0.05) is 26.1 Å². The van der Waals surface area contributed by atoms with Gasteiger partial charge in [-0.05, 0) is 6.92 Å². The Morgan fingerprint density at radius 2 is 2.38 bits per heavy atom. The maximum absolute atomic E-state index is 12.1. The van der Waals surface area contributed by atoms with E-state index in [4.69, 9.17) is 16.3 Å². The molecule has 0 bridgehead atoms. The van der Waals surface area contributed by atoms with Gasteiger partial charge in [0.15, 0.2) is 0 Å². The highest BCUT2D eigenvalue weighted by Gasteiger charge is 2.18. The summed E-state index contributed by atoms with van der Waals surface area (Å²) >= 11 is 7.03. The van der Waals surface area contributed by atoms with Gasteiger partial charge >= 0.3 is 0 Å². The molecular weight excluding hydrogens is 248 g/mol. The van der Waals surface area contributed by atoms with E-state index in [-0.39, 0.29) is 5.91 Å². The molecule has 0 fully saturated rings. The number of amides is 1. The maximum Gasteiger partial charge on any atom is 0.265 e. The van der Waals surface area contributed by atoms with Crippen molar-refractivity contribution >= 4 is 28.8 Å². The zero-order valence-corrected chi connectivity index (χ0v) is 11.0. The van der Waals surface area contributed by atoms with Crippen LogP contribution < -0.4 is 0 Å². The fourth-order valence-electron chi connectivity index (χ4n) is 1.27. The number of ether oxygens (including phenoxy) is 1. The molecule has 0 unspecified atom stereocenters. The van der Waals surface area contributed by atoms with Crippen molar-refractivity contribution < 1.29 is 9.53 Å². The Morgan fingerprint density at radius 3 is 2.88 bits per heavy atom. The van der Waals surface area contributed by atoms with Crippen LogP contribution >= 0.6 is 22.9 Å². The third kappa shape index (κ3) is 3.43. The molecule has 0 spiro atoms. The predicted octanol–water partition coefficient (Wildman–Crippen LogP) is 1.78. The number of aryl methyl sites for hydroxylation is 1. The molecule has 0 aliphatic heterocycles. The zero-order chi connectivity index (χ0) is 12.0. The number of hydrogen-bond acceptors (Lipinski definition) is 4. The molecular formula is C10H15ClN2O2S. The second-order valence-corrected chi connectivity index (χ2v) is 4.47. The van der Waals surface area contributed by atoms with Crippen molar-refractivity contribution in [1.29, 1.82) is 0 Å². The topological polar surface area (TPSA) is 42.4 Å². The van der Waals surface area contributed by atoms with Crippen molar-refractivity contribution in [1.82, 2.24) is 9.88 Å². The fraction of sp³-hybridized carbons (Fsp3) is 0.600. The number of carbonyl (C=O) groups is 1. The molecule has 1 rings (SSSR count). The number of rotatable bonds is 6. The van der Waals surface area contributed by atoms with Crippen molar-refractivity contribution in [2.75, 3.05) is 32.7 Å². The van der Waals surface area contributed by atoms with Gasteiger partial charge in [0.2, 0.25) is 0 Å². The maximum atomic E-state index is 12.1. The first kappa shape index (κ1) is 13.4. The molecule has 0 saturated carbocycles. The minimum absolute atomic E-state index is 0.0160. The molecule has 1 heterocycles. The first-order chi connectivity index (χ1) is 7.70. The first-order valence-corrected chi connectivity index (χ1v) is 6.36. The Balaban J connectivity index is 2.70. The van der Waals surface area contributed by atoms with Gasteiger partial charge in [-0.2, -0.15) is 0 Å². The molecule has 0 aliphatic carbocycles. The number of carbonyl (C=O) groups excluding carboxylic acids is 1. The number of alkyl halides is 1. The van der Waals surface area contributed by atoms with Gasteiger partial charge in [-0.15, -0.1) is 22.9 Å². The van der Waals surface area contributed by atoms with Gasteiger partial charge in [-0.1, -0.05) is 0 Å². The number of nitrogens with zero attached hydrogens (tertiary/aromatic N) is 2. The zero-order valence-electron chi connectivity index (χ0n) is 9.40. The van der Waals surface area contributed by atoms with Gasteiger partial charge in [0.1, 0.15) is 4.88 Å². The van der Waals surface area contributed by atoms with E-state index in [1.807, 2.05) is 6.92 Å². The molecule has 0 N–H and O–H groups in total. The molecule has 0 saturated heterocycles. The summed E-state index contributed by atoms with van der Waals surface area (Å²) in [6.45, 7) is 3.43. The lowest BCUT2D eigenvalue weighted by molar-refractivity contribution is 0.0711. The Hall–Kier alpha value is -0.650. The molecule has 0 aromatic carbocycles. The van der Waals surface area contributed by atoms with Crippen LogP contribution in [-0.2, 0) is 4.74 Å². The third-order valence-electron chi connectivity index (χ3n) is 2.15. The average molecular weight is 263 g/mol. The minimum Gasteiger partial charge on any atom is -0.383 e. The molecule has 16 heavy (non-hydrogen) atoms. The molecule has 0 atom stereocenters. The van der Waals surface area contributed by atoms with Crippen LogP contribution in [0.5, 0.6) is 0 Å². The summed E-state index contributed by atoms with van der Waals surface area (Å²) in [7, 11) is 1.61. The summed E-state index contributed by atoms with van der Waals surface area (Å²) in [5.41, 5.74) is 2.45. The molecule has 4 nitrogen and oxygen atoms in total. The van der Waals surface area contributed by atoms with E-state index in [0.717, 1.165) is 5.69 Å². The molecule has 6 heteroatoms. The SMILES string of the molecule is COCCN(CCCl)C(=O)c1scnc1C. The van der Waals surface area contributed by atoms with E-state index >= 15 is 0 Å². The van der Waals surface area contributed by atoms with E-state index in [1.54, 1.807) is 17.5 Å². The largest absolute Gasteiger partial charge is 0.383 e. The summed E-state index contributed by atoms with van der Waals surface area (Å²) < 4.78 is 4.97. The third-order valence-corrected chi connectivity index (χ3v) is 3.23. The van der Waals surface area contributed by atoms with Crippen molar-refractivity contribution in [2.45, 2.75) is 6.92 Å². The van der Waals surface area contributed by atoms with Gasteiger partial charge in [0.25, 0.3) is 5.91 Å².